The summed E-state index contributed by atoms with van der Waals surface area (Å²) in [6.45, 7) is 0. The number of hydrogen-bond donors (Lipinski definition) is 3. The molecule has 0 aliphatic carbocycles. The van der Waals surface area contributed by atoms with E-state index in [9.17, 15) is 4.79 Å². The first kappa shape index (κ1) is 11.8. The molecule has 1 aromatic carbocycles. The van der Waals surface area contributed by atoms with Crippen molar-refractivity contribution in [1.29, 1.82) is 0 Å². The van der Waals surface area contributed by atoms with E-state index >= 15 is 0 Å². The standard InChI is InChI=1S/C11H10N8O/c12-10-5-9(15-16-10)11(20)14-7-1-3-8(4-2-7)19-6-13-17-18-19/h1-6H,(H,14,20)(H3,12,15,16). The zero-order valence-corrected chi connectivity index (χ0v) is 10.2. The minimum atomic E-state index is -0.315. The summed E-state index contributed by atoms with van der Waals surface area (Å²) in [5.74, 6) is -0.0476. The highest BCUT2D eigenvalue weighted by molar-refractivity contribution is 6.03. The van der Waals surface area contributed by atoms with Crippen molar-refractivity contribution in [3.05, 3.63) is 42.4 Å². The van der Waals surface area contributed by atoms with Gasteiger partial charge in [-0.15, -0.1) is 5.10 Å². The lowest BCUT2D eigenvalue weighted by Gasteiger charge is -2.04. The molecule has 4 N–H and O–H groups in total. The third-order valence-electron chi connectivity index (χ3n) is 2.58. The second-order valence-corrected chi connectivity index (χ2v) is 3.96. The number of anilines is 2. The fourth-order valence-corrected chi connectivity index (χ4v) is 1.63. The molecule has 0 spiro atoms. The van der Waals surface area contributed by atoms with Crippen LogP contribution < -0.4 is 11.1 Å². The van der Waals surface area contributed by atoms with E-state index in [2.05, 4.69) is 31.0 Å². The van der Waals surface area contributed by atoms with Gasteiger partial charge in [-0.1, -0.05) is 0 Å². The molecule has 0 radical (unpaired) electrons. The number of aromatic nitrogens is 6. The van der Waals surface area contributed by atoms with Crippen LogP contribution in [0.5, 0.6) is 0 Å². The van der Waals surface area contributed by atoms with E-state index in [1.54, 1.807) is 24.3 Å². The van der Waals surface area contributed by atoms with Crippen molar-refractivity contribution in [3.8, 4) is 5.69 Å². The fraction of sp³-hybridized carbons (Fsp3) is 0. The monoisotopic (exact) mass is 270 g/mol. The number of rotatable bonds is 3. The smallest absolute Gasteiger partial charge is 0.273 e. The highest BCUT2D eigenvalue weighted by Gasteiger charge is 2.09. The molecular weight excluding hydrogens is 260 g/mol. The number of nitrogen functional groups attached to an aromatic ring is 1. The Morgan fingerprint density at radius 3 is 2.70 bits per heavy atom. The van der Waals surface area contributed by atoms with Crippen LogP contribution in [0.4, 0.5) is 11.5 Å². The molecular formula is C11H10N8O. The molecule has 20 heavy (non-hydrogen) atoms. The zero-order valence-electron chi connectivity index (χ0n) is 10.2. The van der Waals surface area contributed by atoms with Crippen LogP contribution in [0.25, 0.3) is 5.69 Å². The average Bonchev–Trinajstić information content (AvgIpc) is 3.10. The van der Waals surface area contributed by atoms with E-state index in [1.807, 2.05) is 0 Å². The predicted octanol–water partition coefficient (Wildman–Crippen LogP) is 0.220. The molecule has 9 nitrogen and oxygen atoms in total. The van der Waals surface area contributed by atoms with Gasteiger partial charge in [0.05, 0.1) is 5.69 Å². The number of tetrazole rings is 1. The molecule has 2 aromatic heterocycles. The Labute approximate surface area is 112 Å². The molecule has 9 heteroatoms. The number of aromatic amines is 1. The molecule has 100 valence electrons. The molecule has 0 saturated carbocycles. The van der Waals surface area contributed by atoms with Gasteiger partial charge in [0.25, 0.3) is 5.91 Å². The number of nitrogens with two attached hydrogens (primary N) is 1. The maximum Gasteiger partial charge on any atom is 0.273 e. The van der Waals surface area contributed by atoms with E-state index in [0.717, 1.165) is 5.69 Å². The van der Waals surface area contributed by atoms with Gasteiger partial charge in [-0.25, -0.2) is 4.68 Å². The van der Waals surface area contributed by atoms with Gasteiger partial charge in [-0.3, -0.25) is 9.89 Å². The lowest BCUT2D eigenvalue weighted by molar-refractivity contribution is 0.102. The fourth-order valence-electron chi connectivity index (χ4n) is 1.63. The van der Waals surface area contributed by atoms with Gasteiger partial charge in [0.2, 0.25) is 0 Å². The molecule has 0 aliphatic heterocycles. The van der Waals surface area contributed by atoms with Crippen molar-refractivity contribution in [1.82, 2.24) is 30.4 Å². The van der Waals surface area contributed by atoms with E-state index in [0.29, 0.717) is 11.4 Å². The Kier molecular flexibility index (Phi) is 2.84. The molecule has 3 rings (SSSR count). The number of nitrogens with one attached hydrogen (secondary N) is 2. The van der Waals surface area contributed by atoms with Gasteiger partial charge >= 0.3 is 0 Å². The van der Waals surface area contributed by atoms with E-state index < -0.39 is 0 Å². The minimum absolute atomic E-state index is 0.268. The van der Waals surface area contributed by atoms with Gasteiger partial charge in [0.1, 0.15) is 17.8 Å². The highest BCUT2D eigenvalue weighted by Crippen LogP contribution is 2.13. The van der Waals surface area contributed by atoms with Gasteiger partial charge in [0, 0.05) is 11.8 Å². The second kappa shape index (κ2) is 4.80. The molecule has 3 aromatic rings. The first-order valence-electron chi connectivity index (χ1n) is 5.68. The summed E-state index contributed by atoms with van der Waals surface area (Å²) >= 11 is 0. The van der Waals surface area contributed by atoms with E-state index in [4.69, 9.17) is 5.73 Å². The van der Waals surface area contributed by atoms with Crippen molar-refractivity contribution in [3.63, 3.8) is 0 Å². The van der Waals surface area contributed by atoms with Crippen LogP contribution in [-0.2, 0) is 0 Å². The van der Waals surface area contributed by atoms with Crippen LogP contribution in [-0.4, -0.2) is 36.3 Å². The SMILES string of the molecule is Nc1cc(C(=O)Nc2ccc(-n3cnnn3)cc2)[nH]n1. The summed E-state index contributed by atoms with van der Waals surface area (Å²) in [5, 5.41) is 19.8. The minimum Gasteiger partial charge on any atom is -0.382 e. The van der Waals surface area contributed by atoms with Gasteiger partial charge in [0.15, 0.2) is 0 Å². The summed E-state index contributed by atoms with van der Waals surface area (Å²) in [6, 6.07) is 8.52. The number of carbonyl (C=O) groups is 1. The first-order chi connectivity index (χ1) is 9.72. The first-order valence-corrected chi connectivity index (χ1v) is 5.68. The number of hydrogen-bond acceptors (Lipinski definition) is 6. The summed E-state index contributed by atoms with van der Waals surface area (Å²) in [6.07, 6.45) is 1.49. The van der Waals surface area contributed by atoms with Gasteiger partial charge < -0.3 is 11.1 Å². The summed E-state index contributed by atoms with van der Waals surface area (Å²) in [7, 11) is 0. The largest absolute Gasteiger partial charge is 0.382 e. The van der Waals surface area contributed by atoms with Crippen LogP contribution >= 0.6 is 0 Å². The average molecular weight is 270 g/mol. The predicted molar refractivity (Wildman–Crippen MR) is 70.1 cm³/mol. The van der Waals surface area contributed by atoms with Crippen molar-refractivity contribution in [2.24, 2.45) is 0 Å². The molecule has 0 bridgehead atoms. The van der Waals surface area contributed by atoms with Crippen molar-refractivity contribution < 1.29 is 4.79 Å². The number of carbonyl (C=O) groups excluding carboxylic acids is 1. The van der Waals surface area contributed by atoms with E-state index in [1.165, 1.54) is 17.1 Å². The lowest BCUT2D eigenvalue weighted by atomic mass is 10.2. The molecule has 1 amide bonds. The van der Waals surface area contributed by atoms with Crippen molar-refractivity contribution in [2.45, 2.75) is 0 Å². The molecule has 0 atom stereocenters. The summed E-state index contributed by atoms with van der Waals surface area (Å²) in [4.78, 5) is 11.9. The second-order valence-electron chi connectivity index (χ2n) is 3.96. The van der Waals surface area contributed by atoms with Gasteiger partial charge in [-0.05, 0) is 34.7 Å². The molecule has 0 saturated heterocycles. The van der Waals surface area contributed by atoms with Gasteiger partial charge in [-0.2, -0.15) is 5.10 Å². The number of amides is 1. The third-order valence-corrected chi connectivity index (χ3v) is 2.58. The zero-order chi connectivity index (χ0) is 13.9. The lowest BCUT2D eigenvalue weighted by Crippen LogP contribution is -2.12. The third kappa shape index (κ3) is 2.32. The normalized spacial score (nSPS) is 10.4. The topological polar surface area (TPSA) is 127 Å². The molecule has 2 heterocycles. The van der Waals surface area contributed by atoms with E-state index in [-0.39, 0.29) is 11.7 Å². The summed E-state index contributed by atoms with van der Waals surface area (Å²) < 4.78 is 1.52. The van der Waals surface area contributed by atoms with Crippen LogP contribution in [0.15, 0.2) is 36.7 Å². The Morgan fingerprint density at radius 1 is 1.30 bits per heavy atom. The van der Waals surface area contributed by atoms with Crippen LogP contribution in [0, 0.1) is 0 Å². The number of nitrogens with zero attached hydrogens (tertiary/aromatic N) is 5. The molecule has 0 unspecified atom stereocenters. The van der Waals surface area contributed by atoms with Crippen molar-refractivity contribution >= 4 is 17.4 Å². The Hall–Kier alpha value is -3.23. The molecule has 0 fully saturated rings. The number of benzene rings is 1. The maximum absolute atomic E-state index is 11.9. The quantitative estimate of drug-likeness (QED) is 0.624. The van der Waals surface area contributed by atoms with Crippen LogP contribution in [0.1, 0.15) is 10.5 Å². The molecule has 0 aliphatic rings. The van der Waals surface area contributed by atoms with Crippen LogP contribution in [0.2, 0.25) is 0 Å². The van der Waals surface area contributed by atoms with Crippen LogP contribution in [0.3, 0.4) is 0 Å². The maximum atomic E-state index is 11.9. The summed E-state index contributed by atoms with van der Waals surface area (Å²) in [5.41, 5.74) is 7.17. The Morgan fingerprint density at radius 2 is 2.10 bits per heavy atom. The Bertz CT molecular complexity index is 715. The van der Waals surface area contributed by atoms with Crippen molar-refractivity contribution in [2.75, 3.05) is 11.1 Å². The Balaban J connectivity index is 1.74. The highest BCUT2D eigenvalue weighted by atomic mass is 16.1. The number of H-pyrrole nitrogens is 1.